The van der Waals surface area contributed by atoms with Gasteiger partial charge in [-0.05, 0) is 24.5 Å². The van der Waals surface area contributed by atoms with E-state index in [1.54, 1.807) is 6.26 Å². The van der Waals surface area contributed by atoms with Gasteiger partial charge in [0.15, 0.2) is 0 Å². The van der Waals surface area contributed by atoms with Crippen molar-refractivity contribution in [1.29, 1.82) is 0 Å². The summed E-state index contributed by atoms with van der Waals surface area (Å²) >= 11 is 0. The topological polar surface area (TPSA) is 49.0 Å². The highest BCUT2D eigenvalue weighted by molar-refractivity contribution is 5.13. The first-order valence-electron chi connectivity index (χ1n) is 8.14. The summed E-state index contributed by atoms with van der Waals surface area (Å²) in [6, 6.07) is 10.2. The molecule has 5 heteroatoms. The Balaban J connectivity index is 1.83. The maximum absolute atomic E-state index is 5.81. The predicted octanol–water partition coefficient (Wildman–Crippen LogP) is 2.82. The van der Waals surface area contributed by atoms with Crippen LogP contribution in [0, 0.1) is 0 Å². The van der Waals surface area contributed by atoms with Gasteiger partial charge in [-0.15, -0.1) is 0 Å². The molecule has 0 aliphatic carbocycles. The molecule has 1 aromatic carbocycles. The molecule has 1 N–H and O–H groups in total. The molecule has 1 aliphatic heterocycles. The van der Waals surface area contributed by atoms with Gasteiger partial charge >= 0.3 is 0 Å². The maximum Gasteiger partial charge on any atom is 0.149 e. The maximum atomic E-state index is 5.81. The standard InChI is InChI=1S/C18H27NO4/c1-3-16-9-20-12-18(19-15(2)23-14-22-10-16)13-21-11-17-7-5-4-6-8-17/h4-9,15,18-19H,3,10-14H2,1-2H3/b16-9-/t15?,18-/m1/s1. The molecule has 1 unspecified atom stereocenters. The van der Waals surface area contributed by atoms with Crippen molar-refractivity contribution in [1.82, 2.24) is 5.32 Å². The quantitative estimate of drug-likeness (QED) is 0.904. The first kappa shape index (κ1) is 17.9. The number of hydrogen-bond acceptors (Lipinski definition) is 5. The highest BCUT2D eigenvalue weighted by Gasteiger charge is 2.14. The molecule has 5 nitrogen and oxygen atoms in total. The van der Waals surface area contributed by atoms with Gasteiger partial charge in [-0.25, -0.2) is 0 Å². The monoisotopic (exact) mass is 321 g/mol. The van der Waals surface area contributed by atoms with E-state index >= 15 is 0 Å². The van der Waals surface area contributed by atoms with Crippen molar-refractivity contribution in [2.45, 2.75) is 39.1 Å². The van der Waals surface area contributed by atoms with Crippen LogP contribution in [0.4, 0.5) is 0 Å². The van der Waals surface area contributed by atoms with Crippen molar-refractivity contribution in [2.24, 2.45) is 0 Å². The van der Waals surface area contributed by atoms with E-state index in [-0.39, 0.29) is 19.1 Å². The van der Waals surface area contributed by atoms with Crippen LogP contribution in [0.3, 0.4) is 0 Å². The summed E-state index contributed by atoms with van der Waals surface area (Å²) in [5.74, 6) is 0. The van der Waals surface area contributed by atoms with Crippen LogP contribution < -0.4 is 5.32 Å². The van der Waals surface area contributed by atoms with E-state index in [4.69, 9.17) is 18.9 Å². The summed E-state index contributed by atoms with van der Waals surface area (Å²) < 4.78 is 22.6. The lowest BCUT2D eigenvalue weighted by Gasteiger charge is -2.22. The van der Waals surface area contributed by atoms with E-state index in [0.717, 1.165) is 17.6 Å². The molecule has 2 rings (SSSR count). The molecule has 0 amide bonds. The van der Waals surface area contributed by atoms with E-state index < -0.39 is 0 Å². The number of hydrogen-bond donors (Lipinski definition) is 1. The van der Waals surface area contributed by atoms with Gasteiger partial charge in [0.05, 0.1) is 32.1 Å². The first-order valence-corrected chi connectivity index (χ1v) is 8.14. The lowest BCUT2D eigenvalue weighted by atomic mass is 10.2. The minimum absolute atomic E-state index is 0.0566. The van der Waals surface area contributed by atoms with E-state index in [2.05, 4.69) is 24.4 Å². The molecule has 0 bridgehead atoms. The van der Waals surface area contributed by atoms with Gasteiger partial charge in [0, 0.05) is 0 Å². The number of rotatable bonds is 5. The average Bonchev–Trinajstić information content (AvgIpc) is 2.61. The van der Waals surface area contributed by atoms with Crippen LogP contribution in [0.2, 0.25) is 0 Å². The lowest BCUT2D eigenvalue weighted by molar-refractivity contribution is -0.0936. The zero-order valence-corrected chi connectivity index (χ0v) is 14.0. The van der Waals surface area contributed by atoms with Crippen LogP contribution in [0.25, 0.3) is 0 Å². The third-order valence-electron chi connectivity index (χ3n) is 3.59. The molecule has 0 spiro atoms. The van der Waals surface area contributed by atoms with Crippen LogP contribution in [0.15, 0.2) is 42.2 Å². The first-order chi connectivity index (χ1) is 11.3. The molecule has 0 saturated heterocycles. The van der Waals surface area contributed by atoms with E-state index in [0.29, 0.717) is 26.4 Å². The Hall–Kier alpha value is -1.40. The SMILES string of the molecule is CC/C1=C/OC[C@H](COCc2ccccc2)NC(C)OCOC1. The minimum atomic E-state index is -0.118. The Bertz CT molecular complexity index is 463. The molecular formula is C18H27NO4. The largest absolute Gasteiger partial charge is 0.499 e. The molecule has 1 aliphatic rings. The normalized spacial score (nSPS) is 25.7. The summed E-state index contributed by atoms with van der Waals surface area (Å²) in [5, 5.41) is 3.35. The summed E-state index contributed by atoms with van der Waals surface area (Å²) in [6.07, 6.45) is 2.58. The Kier molecular flexibility index (Phi) is 8.11. The fourth-order valence-electron chi connectivity index (χ4n) is 2.24. The fourth-order valence-corrected chi connectivity index (χ4v) is 2.24. The van der Waals surface area contributed by atoms with Crippen molar-refractivity contribution in [2.75, 3.05) is 26.6 Å². The Morgan fingerprint density at radius 1 is 1.26 bits per heavy atom. The highest BCUT2D eigenvalue weighted by Crippen LogP contribution is 2.06. The number of nitrogens with one attached hydrogen (secondary N) is 1. The van der Waals surface area contributed by atoms with E-state index in [1.165, 1.54) is 0 Å². The zero-order chi connectivity index (χ0) is 16.3. The van der Waals surface area contributed by atoms with Crippen LogP contribution in [0.1, 0.15) is 25.8 Å². The van der Waals surface area contributed by atoms with Crippen LogP contribution in [0.5, 0.6) is 0 Å². The Labute approximate surface area is 138 Å². The zero-order valence-electron chi connectivity index (χ0n) is 14.0. The molecular weight excluding hydrogens is 294 g/mol. The number of benzene rings is 1. The Morgan fingerprint density at radius 2 is 2.09 bits per heavy atom. The third kappa shape index (κ3) is 7.14. The number of ether oxygens (including phenoxy) is 4. The molecule has 0 fully saturated rings. The van der Waals surface area contributed by atoms with Gasteiger partial charge in [0.2, 0.25) is 0 Å². The molecule has 0 radical (unpaired) electrons. The van der Waals surface area contributed by atoms with Crippen molar-refractivity contribution >= 4 is 0 Å². The summed E-state index contributed by atoms with van der Waals surface area (Å²) in [5.41, 5.74) is 2.28. The summed E-state index contributed by atoms with van der Waals surface area (Å²) in [4.78, 5) is 0. The second-order valence-electron chi connectivity index (χ2n) is 5.60. The fraction of sp³-hybridized carbons (Fsp3) is 0.556. The molecule has 0 aromatic heterocycles. The average molecular weight is 321 g/mol. The molecule has 1 heterocycles. The Morgan fingerprint density at radius 3 is 2.87 bits per heavy atom. The molecule has 128 valence electrons. The van der Waals surface area contributed by atoms with E-state index in [1.807, 2.05) is 25.1 Å². The third-order valence-corrected chi connectivity index (χ3v) is 3.59. The second-order valence-corrected chi connectivity index (χ2v) is 5.60. The summed E-state index contributed by atoms with van der Waals surface area (Å²) in [6.45, 7) is 6.53. The van der Waals surface area contributed by atoms with Crippen molar-refractivity contribution < 1.29 is 18.9 Å². The van der Waals surface area contributed by atoms with Gasteiger partial charge in [-0.3, -0.25) is 5.32 Å². The molecule has 0 saturated carbocycles. The van der Waals surface area contributed by atoms with Gasteiger partial charge in [-0.2, -0.15) is 0 Å². The van der Waals surface area contributed by atoms with Gasteiger partial charge in [0.25, 0.3) is 0 Å². The summed E-state index contributed by atoms with van der Waals surface area (Å²) in [7, 11) is 0. The molecule has 1 aromatic rings. The molecule has 23 heavy (non-hydrogen) atoms. The molecule has 2 atom stereocenters. The van der Waals surface area contributed by atoms with Crippen LogP contribution in [-0.2, 0) is 25.6 Å². The van der Waals surface area contributed by atoms with Gasteiger partial charge < -0.3 is 18.9 Å². The van der Waals surface area contributed by atoms with E-state index in [9.17, 15) is 0 Å². The predicted molar refractivity (Wildman–Crippen MR) is 88.7 cm³/mol. The smallest absolute Gasteiger partial charge is 0.149 e. The van der Waals surface area contributed by atoms with Crippen molar-refractivity contribution in [3.63, 3.8) is 0 Å². The van der Waals surface area contributed by atoms with Gasteiger partial charge in [0.1, 0.15) is 19.6 Å². The highest BCUT2D eigenvalue weighted by atomic mass is 16.7. The van der Waals surface area contributed by atoms with Gasteiger partial charge in [-0.1, -0.05) is 37.3 Å². The van der Waals surface area contributed by atoms with Crippen molar-refractivity contribution in [3.05, 3.63) is 47.7 Å². The van der Waals surface area contributed by atoms with Crippen molar-refractivity contribution in [3.8, 4) is 0 Å². The second kappa shape index (κ2) is 10.4. The minimum Gasteiger partial charge on any atom is -0.499 e. The van der Waals surface area contributed by atoms with Crippen LogP contribution >= 0.6 is 0 Å². The van der Waals surface area contributed by atoms with Crippen LogP contribution in [-0.4, -0.2) is 38.9 Å². The lowest BCUT2D eigenvalue weighted by Crippen LogP contribution is -2.43.